The second-order valence-corrected chi connectivity index (χ2v) is 2.99. The molecule has 72 valence electrons. The summed E-state index contributed by atoms with van der Waals surface area (Å²) in [6, 6.07) is 3.49. The van der Waals surface area contributed by atoms with Crippen LogP contribution in [0.1, 0.15) is 27.0 Å². The fourth-order valence-electron chi connectivity index (χ4n) is 1.19. The van der Waals surface area contributed by atoms with E-state index in [-0.39, 0.29) is 12.4 Å². The highest BCUT2D eigenvalue weighted by atomic mass is 35.5. The van der Waals surface area contributed by atoms with Crippen molar-refractivity contribution in [2.45, 2.75) is 20.8 Å². The lowest BCUT2D eigenvalue weighted by molar-refractivity contribution is 0.0696. The summed E-state index contributed by atoms with van der Waals surface area (Å²) in [6.45, 7) is 5.76. The van der Waals surface area contributed by atoms with Crippen molar-refractivity contribution in [2.75, 3.05) is 0 Å². The van der Waals surface area contributed by atoms with Gasteiger partial charge in [-0.15, -0.1) is 12.4 Å². The van der Waals surface area contributed by atoms with E-state index in [0.29, 0.717) is 5.56 Å². The van der Waals surface area contributed by atoms with E-state index >= 15 is 0 Å². The summed E-state index contributed by atoms with van der Waals surface area (Å²) in [6.07, 6.45) is 0. The Morgan fingerprint density at radius 1 is 1.15 bits per heavy atom. The van der Waals surface area contributed by atoms with Crippen LogP contribution in [0.5, 0.6) is 0 Å². The van der Waals surface area contributed by atoms with Crippen LogP contribution >= 0.6 is 12.4 Å². The van der Waals surface area contributed by atoms with Crippen LogP contribution in [0.25, 0.3) is 0 Å². The maximum Gasteiger partial charge on any atom is 0.335 e. The molecule has 1 aromatic carbocycles. The first-order chi connectivity index (χ1) is 5.54. The largest absolute Gasteiger partial charge is 0.478 e. The fourth-order valence-corrected chi connectivity index (χ4v) is 1.19. The molecule has 0 spiro atoms. The van der Waals surface area contributed by atoms with E-state index in [2.05, 4.69) is 0 Å². The predicted molar refractivity (Wildman–Crippen MR) is 54.9 cm³/mol. The van der Waals surface area contributed by atoms with Crippen molar-refractivity contribution in [1.82, 2.24) is 0 Å². The van der Waals surface area contributed by atoms with Crippen molar-refractivity contribution in [3.63, 3.8) is 0 Å². The molecule has 3 heteroatoms. The molecule has 0 amide bonds. The second kappa shape index (κ2) is 4.28. The van der Waals surface area contributed by atoms with Crippen molar-refractivity contribution < 1.29 is 9.90 Å². The molecule has 0 fully saturated rings. The normalized spacial score (nSPS) is 9.15. The summed E-state index contributed by atoms with van der Waals surface area (Å²) in [5, 5.41) is 8.78. The highest BCUT2D eigenvalue weighted by Crippen LogP contribution is 2.16. The first-order valence-electron chi connectivity index (χ1n) is 3.84. The molecular formula is C10H13ClO2. The van der Waals surface area contributed by atoms with Crippen molar-refractivity contribution in [1.29, 1.82) is 0 Å². The minimum absolute atomic E-state index is 0. The summed E-state index contributed by atoms with van der Waals surface area (Å²) < 4.78 is 0. The Morgan fingerprint density at radius 2 is 1.69 bits per heavy atom. The molecule has 0 atom stereocenters. The molecule has 1 rings (SSSR count). The summed E-state index contributed by atoms with van der Waals surface area (Å²) in [5.74, 6) is -0.851. The van der Waals surface area contributed by atoms with Gasteiger partial charge in [-0.2, -0.15) is 0 Å². The van der Waals surface area contributed by atoms with E-state index in [1.165, 1.54) is 0 Å². The average Bonchev–Trinajstić information content (AvgIpc) is 2.00. The van der Waals surface area contributed by atoms with Gasteiger partial charge in [-0.1, -0.05) is 6.07 Å². The predicted octanol–water partition coefficient (Wildman–Crippen LogP) is 2.73. The van der Waals surface area contributed by atoms with Gasteiger partial charge in [-0.3, -0.25) is 0 Å². The maximum absolute atomic E-state index is 10.7. The van der Waals surface area contributed by atoms with Gasteiger partial charge in [0.15, 0.2) is 0 Å². The molecule has 0 aromatic heterocycles. The lowest BCUT2D eigenvalue weighted by Crippen LogP contribution is -2.01. The molecule has 1 N–H and O–H groups in total. The van der Waals surface area contributed by atoms with Gasteiger partial charge < -0.3 is 5.11 Å². The molecule has 0 unspecified atom stereocenters. The van der Waals surface area contributed by atoms with Crippen LogP contribution in [-0.4, -0.2) is 11.1 Å². The number of aromatic carboxylic acids is 1. The van der Waals surface area contributed by atoms with Gasteiger partial charge in [0, 0.05) is 0 Å². The van der Waals surface area contributed by atoms with E-state index in [1.54, 1.807) is 6.07 Å². The first-order valence-corrected chi connectivity index (χ1v) is 3.84. The molecule has 0 saturated carbocycles. The third-order valence-electron chi connectivity index (χ3n) is 2.29. The number of benzene rings is 1. The number of carbonyl (C=O) groups is 1. The Labute approximate surface area is 84.0 Å². The molecule has 0 radical (unpaired) electrons. The zero-order valence-corrected chi connectivity index (χ0v) is 8.73. The van der Waals surface area contributed by atoms with Crippen molar-refractivity contribution in [3.05, 3.63) is 34.4 Å². The zero-order valence-electron chi connectivity index (χ0n) is 7.92. The molecule has 0 heterocycles. The quantitative estimate of drug-likeness (QED) is 0.757. The highest BCUT2D eigenvalue weighted by Gasteiger charge is 2.08. The number of hydrogen-bond donors (Lipinski definition) is 1. The van der Waals surface area contributed by atoms with Gasteiger partial charge in [0.1, 0.15) is 0 Å². The van der Waals surface area contributed by atoms with Crippen LogP contribution in [0, 0.1) is 20.8 Å². The highest BCUT2D eigenvalue weighted by molar-refractivity contribution is 5.89. The van der Waals surface area contributed by atoms with Gasteiger partial charge in [0.2, 0.25) is 0 Å². The third kappa shape index (κ3) is 2.22. The standard InChI is InChI=1S/C10H12O2.ClH/c1-6-4-5-9(10(11)12)8(3)7(6)2;/h4-5H,1-3H3,(H,11,12);1H. The summed E-state index contributed by atoms with van der Waals surface area (Å²) in [5.41, 5.74) is 3.47. The molecule has 0 aliphatic carbocycles. The summed E-state index contributed by atoms with van der Waals surface area (Å²) >= 11 is 0. The third-order valence-corrected chi connectivity index (χ3v) is 2.29. The summed E-state index contributed by atoms with van der Waals surface area (Å²) in [4.78, 5) is 10.7. The van der Waals surface area contributed by atoms with Gasteiger partial charge in [0.25, 0.3) is 0 Å². The SMILES string of the molecule is Cc1ccc(C(=O)O)c(C)c1C.Cl. The molecule has 0 saturated heterocycles. The Bertz CT molecular complexity index is 332. The number of carboxylic acids is 1. The Kier molecular flexibility index (Phi) is 3.95. The van der Waals surface area contributed by atoms with Crippen LogP contribution in [-0.2, 0) is 0 Å². The monoisotopic (exact) mass is 200 g/mol. The van der Waals surface area contributed by atoms with Gasteiger partial charge in [-0.05, 0) is 43.5 Å². The Morgan fingerprint density at radius 3 is 2.15 bits per heavy atom. The molecule has 0 aliphatic rings. The van der Waals surface area contributed by atoms with Crippen LogP contribution < -0.4 is 0 Å². The summed E-state index contributed by atoms with van der Waals surface area (Å²) in [7, 11) is 0. The van der Waals surface area contributed by atoms with Crippen LogP contribution in [0.15, 0.2) is 12.1 Å². The topological polar surface area (TPSA) is 37.3 Å². The van der Waals surface area contributed by atoms with E-state index in [0.717, 1.165) is 16.7 Å². The van der Waals surface area contributed by atoms with Crippen molar-refractivity contribution in [3.8, 4) is 0 Å². The molecule has 1 aromatic rings. The van der Waals surface area contributed by atoms with Crippen molar-refractivity contribution in [2.24, 2.45) is 0 Å². The first kappa shape index (κ1) is 12.0. The lowest BCUT2D eigenvalue weighted by atomic mass is 9.99. The fraction of sp³-hybridized carbons (Fsp3) is 0.300. The number of hydrogen-bond acceptors (Lipinski definition) is 1. The number of rotatable bonds is 1. The van der Waals surface area contributed by atoms with Gasteiger partial charge in [-0.25, -0.2) is 4.79 Å². The number of carboxylic acid groups (broad SMARTS) is 1. The molecule has 13 heavy (non-hydrogen) atoms. The lowest BCUT2D eigenvalue weighted by Gasteiger charge is -2.06. The minimum atomic E-state index is -0.851. The maximum atomic E-state index is 10.7. The molecule has 0 bridgehead atoms. The molecule has 0 aliphatic heterocycles. The minimum Gasteiger partial charge on any atom is -0.478 e. The van der Waals surface area contributed by atoms with Gasteiger partial charge >= 0.3 is 5.97 Å². The van der Waals surface area contributed by atoms with E-state index < -0.39 is 5.97 Å². The van der Waals surface area contributed by atoms with E-state index in [9.17, 15) is 4.79 Å². The average molecular weight is 201 g/mol. The second-order valence-electron chi connectivity index (χ2n) is 2.99. The smallest absolute Gasteiger partial charge is 0.335 e. The van der Waals surface area contributed by atoms with Crippen molar-refractivity contribution >= 4 is 18.4 Å². The molecular weight excluding hydrogens is 188 g/mol. The zero-order chi connectivity index (χ0) is 9.30. The van der Waals surface area contributed by atoms with E-state index in [4.69, 9.17) is 5.11 Å². The number of aryl methyl sites for hydroxylation is 1. The number of halogens is 1. The van der Waals surface area contributed by atoms with E-state index in [1.807, 2.05) is 26.8 Å². The van der Waals surface area contributed by atoms with Gasteiger partial charge in [0.05, 0.1) is 5.56 Å². The van der Waals surface area contributed by atoms with Crippen LogP contribution in [0.2, 0.25) is 0 Å². The Hall–Kier alpha value is -1.02. The van der Waals surface area contributed by atoms with Crippen LogP contribution in [0.3, 0.4) is 0 Å². The Balaban J connectivity index is 0.00000144. The van der Waals surface area contributed by atoms with Crippen LogP contribution in [0.4, 0.5) is 0 Å². The molecule has 2 nitrogen and oxygen atoms in total.